The zero-order valence-electron chi connectivity index (χ0n) is 7.53. The van der Waals surface area contributed by atoms with Crippen LogP contribution in [0.1, 0.15) is 12.5 Å². The Morgan fingerprint density at radius 3 is 2.85 bits per heavy atom. The number of rotatable bonds is 3. The number of carbonyl (C=O) groups excluding carboxylic acids is 1. The maximum absolute atomic E-state index is 10.4. The third-order valence-corrected chi connectivity index (χ3v) is 1.88. The number of hydrogen-bond donors (Lipinski definition) is 2. The molecule has 1 aromatic rings. The topological polar surface area (TPSA) is 63.3 Å². The molecule has 0 radical (unpaired) electrons. The van der Waals surface area contributed by atoms with Crippen molar-refractivity contribution in [1.82, 2.24) is 0 Å². The van der Waals surface area contributed by atoms with Gasteiger partial charge in [0.1, 0.15) is 12.0 Å². The van der Waals surface area contributed by atoms with Gasteiger partial charge < -0.3 is 15.6 Å². The molecule has 0 saturated carbocycles. The van der Waals surface area contributed by atoms with Crippen LogP contribution in [-0.4, -0.2) is 11.4 Å². The van der Waals surface area contributed by atoms with Crippen LogP contribution in [0.3, 0.4) is 0 Å². The number of aldehydes is 1. The Bertz CT molecular complexity index is 310. The third kappa shape index (κ3) is 2.47. The molecule has 3 N–H and O–H groups in total. The number of carbonyl (C=O) groups is 1. The van der Waals surface area contributed by atoms with Gasteiger partial charge in [0.25, 0.3) is 0 Å². The van der Waals surface area contributed by atoms with Gasteiger partial charge in [-0.15, -0.1) is 0 Å². The molecule has 1 atom stereocenters. The van der Waals surface area contributed by atoms with Gasteiger partial charge in [0.15, 0.2) is 0 Å². The molecule has 0 heterocycles. The van der Waals surface area contributed by atoms with E-state index < -0.39 is 0 Å². The molecule has 0 aromatic heterocycles. The molecule has 3 heteroatoms. The SMILES string of the molecule is CC(C=O)Cc1ccc(N)c(O)c1. The van der Waals surface area contributed by atoms with Crippen molar-refractivity contribution in [3.05, 3.63) is 23.8 Å². The molecule has 0 amide bonds. The Morgan fingerprint density at radius 1 is 1.62 bits per heavy atom. The number of hydrogen-bond acceptors (Lipinski definition) is 3. The van der Waals surface area contributed by atoms with Gasteiger partial charge in [0.2, 0.25) is 0 Å². The van der Waals surface area contributed by atoms with E-state index in [1.807, 2.05) is 13.0 Å². The minimum absolute atomic E-state index is 0.0250. The van der Waals surface area contributed by atoms with Gasteiger partial charge in [-0.25, -0.2) is 0 Å². The molecule has 1 unspecified atom stereocenters. The van der Waals surface area contributed by atoms with Crippen molar-refractivity contribution in [1.29, 1.82) is 0 Å². The van der Waals surface area contributed by atoms with Gasteiger partial charge in [0, 0.05) is 5.92 Å². The highest BCUT2D eigenvalue weighted by atomic mass is 16.3. The minimum atomic E-state index is -0.0250. The quantitative estimate of drug-likeness (QED) is 0.418. The second-order valence-electron chi connectivity index (χ2n) is 3.21. The highest BCUT2D eigenvalue weighted by Crippen LogP contribution is 2.21. The van der Waals surface area contributed by atoms with E-state index in [-0.39, 0.29) is 11.7 Å². The number of anilines is 1. The summed E-state index contributed by atoms with van der Waals surface area (Å²) >= 11 is 0. The van der Waals surface area contributed by atoms with Crippen molar-refractivity contribution in [3.8, 4) is 5.75 Å². The number of phenolic OH excluding ortho intramolecular Hbond substituents is 1. The molecule has 70 valence electrons. The van der Waals surface area contributed by atoms with E-state index in [1.54, 1.807) is 12.1 Å². The molecular weight excluding hydrogens is 166 g/mol. The van der Waals surface area contributed by atoms with Crippen molar-refractivity contribution in [2.45, 2.75) is 13.3 Å². The average molecular weight is 179 g/mol. The second-order valence-corrected chi connectivity index (χ2v) is 3.21. The molecule has 13 heavy (non-hydrogen) atoms. The lowest BCUT2D eigenvalue weighted by molar-refractivity contribution is -0.110. The van der Waals surface area contributed by atoms with E-state index in [4.69, 9.17) is 5.73 Å². The molecule has 0 saturated heterocycles. The molecule has 0 aliphatic heterocycles. The summed E-state index contributed by atoms with van der Waals surface area (Å²) in [4.78, 5) is 10.4. The molecule has 0 bridgehead atoms. The lowest BCUT2D eigenvalue weighted by atomic mass is 10.0. The Kier molecular flexibility index (Phi) is 2.90. The number of phenols is 1. The van der Waals surface area contributed by atoms with E-state index in [0.29, 0.717) is 12.1 Å². The van der Waals surface area contributed by atoms with E-state index in [9.17, 15) is 9.90 Å². The second kappa shape index (κ2) is 3.94. The molecule has 3 nitrogen and oxygen atoms in total. The van der Waals surface area contributed by atoms with Crippen molar-refractivity contribution < 1.29 is 9.90 Å². The summed E-state index contributed by atoms with van der Waals surface area (Å²) in [5, 5.41) is 9.27. The van der Waals surface area contributed by atoms with Crippen LogP contribution in [0, 0.1) is 5.92 Å². The smallest absolute Gasteiger partial charge is 0.138 e. The predicted octanol–water partition coefficient (Wildman–Crippen LogP) is 1.35. The molecule has 0 spiro atoms. The zero-order valence-corrected chi connectivity index (χ0v) is 7.53. The number of nitrogens with two attached hydrogens (primary N) is 1. The van der Waals surface area contributed by atoms with Crippen molar-refractivity contribution in [3.63, 3.8) is 0 Å². The number of nitrogen functional groups attached to an aromatic ring is 1. The van der Waals surface area contributed by atoms with Crippen molar-refractivity contribution in [2.75, 3.05) is 5.73 Å². The van der Waals surface area contributed by atoms with Gasteiger partial charge in [0.05, 0.1) is 5.69 Å². The van der Waals surface area contributed by atoms with Crippen LogP contribution in [0.25, 0.3) is 0 Å². The highest BCUT2D eigenvalue weighted by molar-refractivity contribution is 5.56. The summed E-state index contributed by atoms with van der Waals surface area (Å²) in [6.45, 7) is 1.83. The Balaban J connectivity index is 2.79. The first-order valence-corrected chi connectivity index (χ1v) is 4.16. The molecule has 0 fully saturated rings. The predicted molar refractivity (Wildman–Crippen MR) is 51.5 cm³/mol. The van der Waals surface area contributed by atoms with Gasteiger partial charge in [-0.3, -0.25) is 0 Å². The first kappa shape index (κ1) is 9.58. The lowest BCUT2D eigenvalue weighted by Crippen LogP contribution is -2.00. The van der Waals surface area contributed by atoms with Crippen LogP contribution in [0.15, 0.2) is 18.2 Å². The van der Waals surface area contributed by atoms with Crippen LogP contribution in [0.5, 0.6) is 5.75 Å². The van der Waals surface area contributed by atoms with E-state index in [1.165, 1.54) is 0 Å². The molecular formula is C10H13NO2. The fourth-order valence-electron chi connectivity index (χ4n) is 1.14. The van der Waals surface area contributed by atoms with E-state index in [0.717, 1.165) is 11.8 Å². The maximum atomic E-state index is 10.4. The summed E-state index contributed by atoms with van der Waals surface area (Å²) in [6.07, 6.45) is 1.53. The van der Waals surface area contributed by atoms with Gasteiger partial charge in [-0.05, 0) is 24.1 Å². The largest absolute Gasteiger partial charge is 0.506 e. The summed E-state index contributed by atoms with van der Waals surface area (Å²) in [5.41, 5.74) is 6.72. The van der Waals surface area contributed by atoms with Gasteiger partial charge in [-0.1, -0.05) is 13.0 Å². The monoisotopic (exact) mass is 179 g/mol. The van der Waals surface area contributed by atoms with Crippen LogP contribution in [0.2, 0.25) is 0 Å². The fraction of sp³-hybridized carbons (Fsp3) is 0.300. The van der Waals surface area contributed by atoms with E-state index in [2.05, 4.69) is 0 Å². The molecule has 1 aromatic carbocycles. The maximum Gasteiger partial charge on any atom is 0.138 e. The highest BCUT2D eigenvalue weighted by Gasteiger charge is 2.03. The number of aromatic hydroxyl groups is 1. The Labute approximate surface area is 77.2 Å². The van der Waals surface area contributed by atoms with Crippen molar-refractivity contribution >= 4 is 12.0 Å². The molecule has 1 rings (SSSR count). The normalized spacial score (nSPS) is 12.4. The van der Waals surface area contributed by atoms with Crippen LogP contribution < -0.4 is 5.73 Å². The number of benzene rings is 1. The fourth-order valence-corrected chi connectivity index (χ4v) is 1.14. The van der Waals surface area contributed by atoms with Crippen molar-refractivity contribution in [2.24, 2.45) is 5.92 Å². The average Bonchev–Trinajstić information content (AvgIpc) is 2.11. The summed E-state index contributed by atoms with van der Waals surface area (Å²) < 4.78 is 0. The minimum Gasteiger partial charge on any atom is -0.506 e. The lowest BCUT2D eigenvalue weighted by Gasteiger charge is -2.05. The van der Waals surface area contributed by atoms with Gasteiger partial charge >= 0.3 is 0 Å². The molecule has 0 aliphatic carbocycles. The third-order valence-electron chi connectivity index (χ3n) is 1.88. The first-order valence-electron chi connectivity index (χ1n) is 4.16. The molecule has 0 aliphatic rings. The standard InChI is InChI=1S/C10H13NO2/c1-7(6-12)4-8-2-3-9(11)10(13)5-8/h2-3,5-7,13H,4,11H2,1H3. The van der Waals surface area contributed by atoms with Crippen LogP contribution in [0.4, 0.5) is 5.69 Å². The zero-order chi connectivity index (χ0) is 9.84. The van der Waals surface area contributed by atoms with Crippen LogP contribution >= 0.6 is 0 Å². The van der Waals surface area contributed by atoms with Crippen LogP contribution in [-0.2, 0) is 11.2 Å². The summed E-state index contributed by atoms with van der Waals surface area (Å²) in [5.74, 6) is 0.0543. The summed E-state index contributed by atoms with van der Waals surface area (Å²) in [6, 6.07) is 5.05. The van der Waals surface area contributed by atoms with E-state index >= 15 is 0 Å². The Hall–Kier alpha value is -1.51. The Morgan fingerprint density at radius 2 is 2.31 bits per heavy atom. The first-order chi connectivity index (χ1) is 6.13. The van der Waals surface area contributed by atoms with Gasteiger partial charge in [-0.2, -0.15) is 0 Å². The summed E-state index contributed by atoms with van der Waals surface area (Å²) in [7, 11) is 0.